The zero-order valence-corrected chi connectivity index (χ0v) is 38.8. The van der Waals surface area contributed by atoms with Crippen molar-refractivity contribution >= 4 is 59.2 Å². The largest absolute Gasteiger partial charge is 0.480 e. The van der Waals surface area contributed by atoms with Gasteiger partial charge < -0.3 is 45.7 Å². The van der Waals surface area contributed by atoms with Crippen LogP contribution in [0, 0.1) is 40.9 Å². The first kappa shape index (κ1) is 48.4. The summed E-state index contributed by atoms with van der Waals surface area (Å²) >= 11 is 1.40. The molecule has 11 unspecified atom stereocenters. The third-order valence-electron chi connectivity index (χ3n) is 15.8. The number of hydrogen-bond acceptors (Lipinski definition) is 16. The van der Waals surface area contributed by atoms with E-state index in [0.717, 1.165) is 89.2 Å². The number of alkyl carbamates (subject to hydrolysis) is 1. The van der Waals surface area contributed by atoms with Gasteiger partial charge in [0.15, 0.2) is 23.2 Å². The van der Waals surface area contributed by atoms with Crippen LogP contribution in [0.3, 0.4) is 0 Å². The summed E-state index contributed by atoms with van der Waals surface area (Å²) in [6, 6.07) is -0.951. The molecule has 19 heteroatoms. The van der Waals surface area contributed by atoms with Crippen LogP contribution in [0.4, 0.5) is 10.6 Å². The molecule has 2 aromatic rings. The smallest absolute Gasteiger partial charge is 0.407 e. The molecule has 14 atom stereocenters. The minimum atomic E-state index is -1.22. The fourth-order valence-corrected chi connectivity index (χ4v) is 13.5. The topological polar surface area (TPSA) is 266 Å². The zero-order valence-electron chi connectivity index (χ0n) is 37.9. The second-order valence-electron chi connectivity index (χ2n) is 19.5. The Morgan fingerprint density at radius 3 is 2.67 bits per heavy atom. The van der Waals surface area contributed by atoms with Gasteiger partial charge in [-0.15, -0.1) is 0 Å². The normalized spacial score (nSPS) is 34.6. The lowest BCUT2D eigenvalue weighted by Crippen LogP contribution is -2.55. The van der Waals surface area contributed by atoms with Gasteiger partial charge in [0.1, 0.15) is 37.3 Å². The Hall–Kier alpha value is -4.01. The lowest BCUT2D eigenvalue weighted by Gasteiger charge is -2.58. The molecule has 7 N–H and O–H groups in total. The van der Waals surface area contributed by atoms with Crippen molar-refractivity contribution in [2.24, 2.45) is 56.6 Å². The molecule has 0 bridgehead atoms. The number of aliphatic hydroxyl groups is 3. The standard InChI is InChI=1S/C47H68N8O10S/c1-47-33(28-21-38(57)63-23-28)12-13-34(47)31-10-8-27-20-29(9-11-30(27)32(31)22-37(47)56)64-46(62)51-18-7-3-5-16-49-15-4-2-6-17-50-42-39-43(53-25-52-42)55(26-54-39)44-41(59)40(58)36(65-44)24-66-19-14-35(48)45(60)61/h15,17,21,25-27,29-37,40-41,44,56,58-59H,2-14,16,18-20,22-24,48H2,1H3,(H,51,62)(H,60,61)/t27?,29-,30?,31?,32?,33?,34?,35?,36?,37?,40-,41-,44?,47?/m1/s1. The maximum Gasteiger partial charge on any atom is 0.407 e. The van der Waals surface area contributed by atoms with Crippen molar-refractivity contribution in [1.29, 1.82) is 0 Å². The maximum atomic E-state index is 12.7. The number of fused-ring (bicyclic) bond motifs is 6. The number of aromatic nitrogens is 4. The number of nitrogens with zero attached hydrogens (tertiary/aromatic N) is 6. The number of esters is 1. The summed E-state index contributed by atoms with van der Waals surface area (Å²) in [6.07, 6.45) is 17.1. The first-order valence-electron chi connectivity index (χ1n) is 24.2. The number of nitrogens with one attached hydrogen (secondary N) is 1. The number of aliphatic hydroxyl groups excluding tert-OH is 3. The first-order chi connectivity index (χ1) is 31.9. The molecule has 66 heavy (non-hydrogen) atoms. The number of nitrogens with two attached hydrogens (primary N) is 1. The van der Waals surface area contributed by atoms with Crippen LogP contribution in [0.2, 0.25) is 0 Å². The van der Waals surface area contributed by atoms with E-state index in [0.29, 0.717) is 77.6 Å². The quantitative estimate of drug-likeness (QED) is 0.0585. The number of ether oxygens (including phenoxy) is 3. The summed E-state index contributed by atoms with van der Waals surface area (Å²) in [4.78, 5) is 57.7. The third kappa shape index (κ3) is 10.7. The number of thioether (sulfide) groups is 1. The molecule has 1 amide bonds. The third-order valence-corrected chi connectivity index (χ3v) is 16.9. The van der Waals surface area contributed by atoms with E-state index in [-0.39, 0.29) is 42.0 Å². The van der Waals surface area contributed by atoms with Gasteiger partial charge in [-0.05, 0) is 149 Å². The van der Waals surface area contributed by atoms with Crippen LogP contribution in [0.15, 0.2) is 34.3 Å². The molecule has 0 spiro atoms. The van der Waals surface area contributed by atoms with Gasteiger partial charge in [0.2, 0.25) is 0 Å². The second-order valence-corrected chi connectivity index (χ2v) is 20.7. The van der Waals surface area contributed by atoms with Gasteiger partial charge in [-0.2, -0.15) is 11.8 Å². The molecule has 4 heterocycles. The van der Waals surface area contributed by atoms with Crippen molar-refractivity contribution in [3.8, 4) is 0 Å². The number of imidazole rings is 1. The number of cyclic esters (lactones) is 1. The van der Waals surface area contributed by atoms with Crippen molar-refractivity contribution in [2.75, 3.05) is 31.2 Å². The van der Waals surface area contributed by atoms with E-state index < -0.39 is 36.6 Å². The Morgan fingerprint density at radius 1 is 1.02 bits per heavy atom. The summed E-state index contributed by atoms with van der Waals surface area (Å²) in [7, 11) is 0. The van der Waals surface area contributed by atoms with Crippen molar-refractivity contribution in [2.45, 2.75) is 146 Å². The van der Waals surface area contributed by atoms with Gasteiger partial charge in [0, 0.05) is 36.5 Å². The molecule has 8 rings (SSSR count). The molecule has 5 fully saturated rings. The molecule has 6 aliphatic rings. The summed E-state index contributed by atoms with van der Waals surface area (Å²) in [5.41, 5.74) is 7.30. The number of hydrogen-bond donors (Lipinski definition) is 6. The number of amides is 1. The molecule has 4 saturated carbocycles. The molecule has 362 valence electrons. The number of aliphatic imine (C=N–C) groups is 2. The highest BCUT2D eigenvalue weighted by atomic mass is 32.2. The predicted molar refractivity (Wildman–Crippen MR) is 247 cm³/mol. The Balaban J connectivity index is 0.672. The van der Waals surface area contributed by atoms with Crippen molar-refractivity contribution < 1.29 is 49.0 Å². The number of rotatable bonds is 20. The Labute approximate surface area is 390 Å². The summed E-state index contributed by atoms with van der Waals surface area (Å²) in [5, 5.41) is 45.1. The number of carboxylic acid groups (broad SMARTS) is 1. The highest BCUT2D eigenvalue weighted by Crippen LogP contribution is 2.65. The first-order valence-corrected chi connectivity index (χ1v) is 25.3. The number of carbonyl (C=O) groups is 3. The SMILES string of the molecule is CC12C(O)CC3C4CC[C@@H](OC(=O)NCCCCCN=CCCCC=Nc5ncnc6c5ncn6C5OC(CSCCC(N)C(=O)O)[C@@H](O)[C@H]5O)CC4CCC3C1CCC2C1=CC(=O)OC1. The van der Waals surface area contributed by atoms with Gasteiger partial charge in [0.25, 0.3) is 0 Å². The van der Waals surface area contributed by atoms with Gasteiger partial charge >= 0.3 is 18.0 Å². The van der Waals surface area contributed by atoms with E-state index in [9.17, 15) is 29.7 Å². The molecule has 2 aliphatic heterocycles. The fourth-order valence-electron chi connectivity index (χ4n) is 12.4. The second kappa shape index (κ2) is 22.0. The molecule has 0 aromatic carbocycles. The van der Waals surface area contributed by atoms with E-state index in [1.165, 1.54) is 30.8 Å². The van der Waals surface area contributed by atoms with Gasteiger partial charge in [0.05, 0.1) is 18.5 Å². The molecule has 1 saturated heterocycles. The molecule has 4 aliphatic carbocycles. The van der Waals surface area contributed by atoms with E-state index in [4.69, 9.17) is 25.1 Å². The van der Waals surface area contributed by atoms with Crippen molar-refractivity contribution in [3.05, 3.63) is 24.3 Å². The Morgan fingerprint density at radius 2 is 1.85 bits per heavy atom. The molecular weight excluding hydrogens is 869 g/mol. The molecule has 18 nitrogen and oxygen atoms in total. The Bertz CT molecular complexity index is 2100. The van der Waals surface area contributed by atoms with E-state index in [1.54, 1.807) is 16.9 Å². The fraction of sp³-hybridized carbons (Fsp3) is 0.745. The minimum Gasteiger partial charge on any atom is -0.480 e. The number of carbonyl (C=O) groups excluding carboxylic acids is 2. The lowest BCUT2D eigenvalue weighted by atomic mass is 9.48. The summed E-state index contributed by atoms with van der Waals surface area (Å²) < 4.78 is 18.8. The predicted octanol–water partition coefficient (Wildman–Crippen LogP) is 4.91. The van der Waals surface area contributed by atoms with Gasteiger partial charge in [-0.1, -0.05) is 6.92 Å². The Kier molecular flexibility index (Phi) is 16.1. The van der Waals surface area contributed by atoms with Crippen molar-refractivity contribution in [1.82, 2.24) is 24.8 Å². The maximum absolute atomic E-state index is 12.7. The van der Waals surface area contributed by atoms with Crippen LogP contribution < -0.4 is 11.1 Å². The van der Waals surface area contributed by atoms with Crippen LogP contribution in [-0.2, 0) is 23.8 Å². The van der Waals surface area contributed by atoms with Crippen molar-refractivity contribution in [3.63, 3.8) is 0 Å². The molecular formula is C47H68N8O10S. The monoisotopic (exact) mass is 936 g/mol. The molecule has 0 radical (unpaired) electrons. The average molecular weight is 937 g/mol. The lowest BCUT2D eigenvalue weighted by molar-refractivity contribution is -0.139. The van der Waals surface area contributed by atoms with Gasteiger partial charge in [-0.3, -0.25) is 14.4 Å². The van der Waals surface area contributed by atoms with Crippen LogP contribution in [0.1, 0.15) is 109 Å². The average Bonchev–Trinajstić information content (AvgIpc) is 4.09. The highest BCUT2D eigenvalue weighted by Gasteiger charge is 2.61. The van der Waals surface area contributed by atoms with Crippen LogP contribution in [0.25, 0.3) is 11.2 Å². The zero-order chi connectivity index (χ0) is 46.4. The van der Waals surface area contributed by atoms with Crippen LogP contribution >= 0.6 is 11.8 Å². The highest BCUT2D eigenvalue weighted by molar-refractivity contribution is 7.99. The number of carboxylic acids is 1. The molecule has 2 aromatic heterocycles. The van der Waals surface area contributed by atoms with Crippen LogP contribution in [0.5, 0.6) is 0 Å². The summed E-state index contributed by atoms with van der Waals surface area (Å²) in [6.45, 7) is 3.96. The van der Waals surface area contributed by atoms with E-state index in [2.05, 4.69) is 37.2 Å². The summed E-state index contributed by atoms with van der Waals surface area (Å²) in [5.74, 6) is 2.82. The number of unbranched alkanes of at least 4 members (excludes halogenated alkanes) is 4. The van der Waals surface area contributed by atoms with Crippen LogP contribution in [-0.4, -0.2) is 138 Å². The van der Waals surface area contributed by atoms with E-state index >= 15 is 0 Å². The minimum absolute atomic E-state index is 0.0559. The van der Waals surface area contributed by atoms with E-state index in [1.807, 2.05) is 6.21 Å². The van der Waals surface area contributed by atoms with Gasteiger partial charge in [-0.25, -0.2) is 29.5 Å². The number of aliphatic carboxylic acids is 1.